The first-order valence-electron chi connectivity index (χ1n) is 6.48. The summed E-state index contributed by atoms with van der Waals surface area (Å²) in [6.45, 7) is 9.34. The van der Waals surface area contributed by atoms with E-state index in [9.17, 15) is 0 Å². The number of piperidine rings is 1. The van der Waals surface area contributed by atoms with Crippen molar-refractivity contribution in [3.05, 3.63) is 0 Å². The number of nitrogens with two attached hydrogens (primary N) is 1. The summed E-state index contributed by atoms with van der Waals surface area (Å²) in [5, 5.41) is 0. The van der Waals surface area contributed by atoms with Crippen LogP contribution in [0.4, 0.5) is 0 Å². The average Bonchev–Trinajstić information content (AvgIpc) is 2.83. The molecule has 2 fully saturated rings. The molecule has 2 rings (SSSR count). The molecule has 0 saturated carbocycles. The van der Waals surface area contributed by atoms with Gasteiger partial charge in [-0.1, -0.05) is 6.92 Å². The zero-order valence-corrected chi connectivity index (χ0v) is 10.0. The molecule has 0 amide bonds. The molecule has 0 atom stereocenters. The van der Waals surface area contributed by atoms with E-state index in [2.05, 4.69) is 16.7 Å². The maximum absolute atomic E-state index is 6.04. The molecule has 0 unspecified atom stereocenters. The third-order valence-corrected chi connectivity index (χ3v) is 4.39. The Kier molecular flexibility index (Phi) is 3.65. The van der Waals surface area contributed by atoms with Crippen molar-refractivity contribution >= 4 is 0 Å². The fraction of sp³-hybridized carbons (Fsp3) is 1.00. The lowest BCUT2D eigenvalue weighted by molar-refractivity contribution is 0.0456. The van der Waals surface area contributed by atoms with Crippen LogP contribution >= 0.6 is 0 Å². The van der Waals surface area contributed by atoms with Gasteiger partial charge in [-0.3, -0.25) is 4.90 Å². The third kappa shape index (κ3) is 2.19. The van der Waals surface area contributed by atoms with E-state index in [-0.39, 0.29) is 0 Å². The number of likely N-dealkylation sites (tertiary alicyclic amines) is 2. The summed E-state index contributed by atoms with van der Waals surface area (Å²) in [5.74, 6) is 0. The van der Waals surface area contributed by atoms with Crippen LogP contribution in [0.5, 0.6) is 0 Å². The number of hydrogen-bond acceptors (Lipinski definition) is 3. The van der Waals surface area contributed by atoms with Crippen molar-refractivity contribution in [1.29, 1.82) is 0 Å². The summed E-state index contributed by atoms with van der Waals surface area (Å²) in [5.41, 5.74) is 6.39. The lowest BCUT2D eigenvalue weighted by atomic mass is 9.86. The predicted molar refractivity (Wildman–Crippen MR) is 63.9 cm³/mol. The van der Waals surface area contributed by atoms with Crippen molar-refractivity contribution in [2.75, 3.05) is 39.3 Å². The molecular formula is C12H25N3. The molecule has 0 bridgehead atoms. The fourth-order valence-electron chi connectivity index (χ4n) is 3.13. The van der Waals surface area contributed by atoms with Crippen LogP contribution in [0.25, 0.3) is 0 Å². The van der Waals surface area contributed by atoms with Gasteiger partial charge < -0.3 is 10.6 Å². The van der Waals surface area contributed by atoms with Gasteiger partial charge in [-0.2, -0.15) is 0 Å². The molecule has 2 aliphatic rings. The summed E-state index contributed by atoms with van der Waals surface area (Å²) in [6, 6.07) is 0. The molecular weight excluding hydrogens is 186 g/mol. The molecule has 2 saturated heterocycles. The van der Waals surface area contributed by atoms with Gasteiger partial charge in [0.25, 0.3) is 0 Å². The molecule has 2 aliphatic heterocycles. The van der Waals surface area contributed by atoms with Crippen LogP contribution in [0, 0.1) is 0 Å². The Bertz CT molecular complexity index is 191. The molecule has 15 heavy (non-hydrogen) atoms. The molecule has 0 aromatic rings. The Morgan fingerprint density at radius 2 is 1.67 bits per heavy atom. The summed E-state index contributed by atoms with van der Waals surface area (Å²) in [6.07, 6.45) is 5.30. The second kappa shape index (κ2) is 4.81. The SMILES string of the molecule is CCN1CCC(CN)(N2CCCC2)CC1. The summed E-state index contributed by atoms with van der Waals surface area (Å²) in [7, 11) is 0. The third-order valence-electron chi connectivity index (χ3n) is 4.39. The second-order valence-electron chi connectivity index (χ2n) is 5.06. The maximum Gasteiger partial charge on any atom is 0.0356 e. The molecule has 0 radical (unpaired) electrons. The lowest BCUT2D eigenvalue weighted by Gasteiger charge is -2.47. The van der Waals surface area contributed by atoms with Crippen LogP contribution in [0.1, 0.15) is 32.6 Å². The van der Waals surface area contributed by atoms with Gasteiger partial charge in [0.05, 0.1) is 0 Å². The minimum Gasteiger partial charge on any atom is -0.329 e. The zero-order valence-electron chi connectivity index (χ0n) is 10.0. The first kappa shape index (κ1) is 11.4. The molecule has 0 spiro atoms. The molecule has 2 heterocycles. The first-order valence-corrected chi connectivity index (χ1v) is 6.48. The van der Waals surface area contributed by atoms with Crippen molar-refractivity contribution < 1.29 is 0 Å². The highest BCUT2D eigenvalue weighted by atomic mass is 15.3. The molecule has 3 nitrogen and oxygen atoms in total. The highest BCUT2D eigenvalue weighted by Crippen LogP contribution is 2.30. The van der Waals surface area contributed by atoms with Gasteiger partial charge in [0.2, 0.25) is 0 Å². The Balaban J connectivity index is 1.97. The van der Waals surface area contributed by atoms with Crippen LogP contribution < -0.4 is 5.73 Å². The lowest BCUT2D eigenvalue weighted by Crippen LogP contribution is -2.58. The molecule has 0 aliphatic carbocycles. The summed E-state index contributed by atoms with van der Waals surface area (Å²) >= 11 is 0. The van der Waals surface area contributed by atoms with Gasteiger partial charge >= 0.3 is 0 Å². The first-order chi connectivity index (χ1) is 7.30. The van der Waals surface area contributed by atoms with Gasteiger partial charge in [0, 0.05) is 12.1 Å². The van der Waals surface area contributed by atoms with E-state index >= 15 is 0 Å². The van der Waals surface area contributed by atoms with Crippen molar-refractivity contribution in [1.82, 2.24) is 9.80 Å². The predicted octanol–water partition coefficient (Wildman–Crippen LogP) is 0.895. The molecule has 0 aromatic carbocycles. The van der Waals surface area contributed by atoms with Gasteiger partial charge in [0.15, 0.2) is 0 Å². The van der Waals surface area contributed by atoms with Crippen LogP contribution in [-0.2, 0) is 0 Å². The van der Waals surface area contributed by atoms with Gasteiger partial charge in [-0.15, -0.1) is 0 Å². The number of nitrogens with zero attached hydrogens (tertiary/aromatic N) is 2. The largest absolute Gasteiger partial charge is 0.329 e. The minimum atomic E-state index is 0.349. The Morgan fingerprint density at radius 1 is 1.07 bits per heavy atom. The maximum atomic E-state index is 6.04. The van der Waals surface area contributed by atoms with E-state index in [0.29, 0.717) is 5.54 Å². The van der Waals surface area contributed by atoms with E-state index in [0.717, 1.165) is 6.54 Å². The fourth-order valence-corrected chi connectivity index (χ4v) is 3.13. The molecule has 3 heteroatoms. The molecule has 88 valence electrons. The monoisotopic (exact) mass is 211 g/mol. The van der Waals surface area contributed by atoms with Crippen LogP contribution in [0.2, 0.25) is 0 Å². The Morgan fingerprint density at radius 3 is 2.13 bits per heavy atom. The highest BCUT2D eigenvalue weighted by molar-refractivity contribution is 4.97. The van der Waals surface area contributed by atoms with Gasteiger partial charge in [-0.05, 0) is 58.4 Å². The second-order valence-corrected chi connectivity index (χ2v) is 5.06. The standard InChI is InChI=1S/C12H25N3/c1-2-14-9-5-12(11-13,6-10-14)15-7-3-4-8-15/h2-11,13H2,1H3. The Hall–Kier alpha value is -0.120. The topological polar surface area (TPSA) is 32.5 Å². The summed E-state index contributed by atoms with van der Waals surface area (Å²) < 4.78 is 0. The zero-order chi connectivity index (χ0) is 10.7. The van der Waals surface area contributed by atoms with Crippen LogP contribution in [0.3, 0.4) is 0 Å². The van der Waals surface area contributed by atoms with E-state index in [1.54, 1.807) is 0 Å². The van der Waals surface area contributed by atoms with Crippen LogP contribution in [-0.4, -0.2) is 54.6 Å². The van der Waals surface area contributed by atoms with Crippen molar-refractivity contribution in [2.24, 2.45) is 5.73 Å². The average molecular weight is 211 g/mol. The van der Waals surface area contributed by atoms with E-state index in [1.165, 1.54) is 58.4 Å². The van der Waals surface area contributed by atoms with Crippen LogP contribution in [0.15, 0.2) is 0 Å². The Labute approximate surface area is 93.6 Å². The van der Waals surface area contributed by atoms with E-state index < -0.39 is 0 Å². The summed E-state index contributed by atoms with van der Waals surface area (Å²) in [4.78, 5) is 5.21. The van der Waals surface area contributed by atoms with Gasteiger partial charge in [0.1, 0.15) is 0 Å². The van der Waals surface area contributed by atoms with Crippen molar-refractivity contribution in [3.63, 3.8) is 0 Å². The van der Waals surface area contributed by atoms with Gasteiger partial charge in [-0.25, -0.2) is 0 Å². The molecule has 2 N–H and O–H groups in total. The normalized spacial score (nSPS) is 28.4. The number of hydrogen-bond donors (Lipinski definition) is 1. The smallest absolute Gasteiger partial charge is 0.0356 e. The quantitative estimate of drug-likeness (QED) is 0.752. The van der Waals surface area contributed by atoms with E-state index in [1.807, 2.05) is 0 Å². The van der Waals surface area contributed by atoms with Crippen molar-refractivity contribution in [3.8, 4) is 0 Å². The molecule has 0 aromatic heterocycles. The number of rotatable bonds is 3. The van der Waals surface area contributed by atoms with Crippen molar-refractivity contribution in [2.45, 2.75) is 38.1 Å². The minimum absolute atomic E-state index is 0.349. The highest BCUT2D eigenvalue weighted by Gasteiger charge is 2.39. The van der Waals surface area contributed by atoms with E-state index in [4.69, 9.17) is 5.73 Å².